The fourth-order valence-corrected chi connectivity index (χ4v) is 2.62. The lowest BCUT2D eigenvalue weighted by Crippen LogP contribution is -2.26. The van der Waals surface area contributed by atoms with Crippen LogP contribution in [0.4, 0.5) is 0 Å². The van der Waals surface area contributed by atoms with E-state index in [1.165, 1.54) is 12.0 Å². The van der Waals surface area contributed by atoms with Gasteiger partial charge in [-0.15, -0.1) is 0 Å². The molecule has 0 heterocycles. The summed E-state index contributed by atoms with van der Waals surface area (Å²) in [5.41, 5.74) is 1.64. The van der Waals surface area contributed by atoms with Crippen LogP contribution in [0.2, 0.25) is 0 Å². The molecule has 1 aliphatic rings. The first kappa shape index (κ1) is 15.7. The highest BCUT2D eigenvalue weighted by Crippen LogP contribution is 2.41. The van der Waals surface area contributed by atoms with Gasteiger partial charge in [-0.2, -0.15) is 0 Å². The number of ether oxygens (including phenoxy) is 1. The third-order valence-corrected chi connectivity index (χ3v) is 3.76. The summed E-state index contributed by atoms with van der Waals surface area (Å²) >= 11 is 0. The monoisotopic (exact) mass is 262 g/mol. The fraction of sp³-hybridized carbons (Fsp3) is 0.588. The van der Waals surface area contributed by atoms with Crippen molar-refractivity contribution in [2.45, 2.75) is 53.4 Å². The first-order valence-corrected chi connectivity index (χ1v) is 7.11. The van der Waals surface area contributed by atoms with Crippen LogP contribution in [0.15, 0.2) is 36.1 Å². The fourth-order valence-electron chi connectivity index (χ4n) is 2.62. The maximum Gasteiger partial charge on any atom is 0.311 e. The summed E-state index contributed by atoms with van der Waals surface area (Å²) in [7, 11) is 0. The van der Waals surface area contributed by atoms with Gasteiger partial charge >= 0.3 is 5.97 Å². The van der Waals surface area contributed by atoms with Crippen molar-refractivity contribution < 1.29 is 9.53 Å². The van der Waals surface area contributed by atoms with Crippen molar-refractivity contribution in [3.05, 3.63) is 36.1 Å². The van der Waals surface area contributed by atoms with Gasteiger partial charge in [0, 0.05) is 12.3 Å². The molecule has 2 heteroatoms. The minimum absolute atomic E-state index is 0.202. The van der Waals surface area contributed by atoms with Gasteiger partial charge in [0.2, 0.25) is 0 Å². The average Bonchev–Trinajstić information content (AvgIpc) is 2.27. The van der Waals surface area contributed by atoms with E-state index < -0.39 is 0 Å². The molecule has 0 aromatic heterocycles. The first-order valence-electron chi connectivity index (χ1n) is 7.11. The Kier molecular flexibility index (Phi) is 5.59. The van der Waals surface area contributed by atoms with E-state index in [2.05, 4.69) is 39.5 Å². The van der Waals surface area contributed by atoms with Crippen LogP contribution in [0.1, 0.15) is 53.4 Å². The van der Waals surface area contributed by atoms with Crippen LogP contribution in [0.5, 0.6) is 0 Å². The number of carbonyl (C=O) groups is 1. The second-order valence-electron chi connectivity index (χ2n) is 6.00. The third kappa shape index (κ3) is 4.70. The van der Waals surface area contributed by atoms with E-state index in [-0.39, 0.29) is 11.4 Å². The van der Waals surface area contributed by atoms with Gasteiger partial charge in [0.25, 0.3) is 0 Å². The molecule has 0 amide bonds. The number of allylic oxidation sites excluding steroid dienone is 4. The molecule has 1 atom stereocenters. The molecule has 0 aromatic rings. The molecular formula is C17H26O2. The zero-order valence-electron chi connectivity index (χ0n) is 12.7. The average molecular weight is 262 g/mol. The van der Waals surface area contributed by atoms with Gasteiger partial charge in [-0.1, -0.05) is 45.1 Å². The highest BCUT2D eigenvalue weighted by Gasteiger charge is 2.30. The summed E-state index contributed by atoms with van der Waals surface area (Å²) < 4.78 is 5.15. The minimum Gasteiger partial charge on any atom is -0.427 e. The standard InChI is InChI=1S/C17H26O2/c1-6-8-16(18)19-14(3)10-11-15-13(2)9-7-12-17(15,4)5/h9-11,15H,3,6-8,12H2,1-2,4-5H3. The van der Waals surface area contributed by atoms with Crippen LogP contribution in [0.25, 0.3) is 0 Å². The van der Waals surface area contributed by atoms with Crippen molar-refractivity contribution in [1.82, 2.24) is 0 Å². The molecule has 19 heavy (non-hydrogen) atoms. The van der Waals surface area contributed by atoms with Crippen LogP contribution in [0, 0.1) is 11.3 Å². The van der Waals surface area contributed by atoms with Gasteiger partial charge in [-0.25, -0.2) is 0 Å². The van der Waals surface area contributed by atoms with Crippen molar-refractivity contribution in [2.24, 2.45) is 11.3 Å². The summed E-state index contributed by atoms with van der Waals surface area (Å²) in [5.74, 6) is 0.628. The number of rotatable bonds is 5. The summed E-state index contributed by atoms with van der Waals surface area (Å²) in [4.78, 5) is 11.4. The Morgan fingerprint density at radius 3 is 2.84 bits per heavy atom. The molecule has 0 bridgehead atoms. The van der Waals surface area contributed by atoms with Crippen LogP contribution >= 0.6 is 0 Å². The predicted octanol–water partition coefficient (Wildman–Crippen LogP) is 4.78. The molecule has 106 valence electrons. The molecule has 0 N–H and O–H groups in total. The van der Waals surface area contributed by atoms with Crippen molar-refractivity contribution in [1.29, 1.82) is 0 Å². The molecule has 1 unspecified atom stereocenters. The van der Waals surface area contributed by atoms with E-state index in [4.69, 9.17) is 4.74 Å². The lowest BCUT2D eigenvalue weighted by atomic mass is 9.68. The minimum atomic E-state index is -0.202. The molecule has 0 fully saturated rings. The van der Waals surface area contributed by atoms with Gasteiger partial charge in [0.15, 0.2) is 0 Å². The normalized spacial score (nSPS) is 22.1. The summed E-state index contributed by atoms with van der Waals surface area (Å²) in [6, 6.07) is 0. The Labute approximate surface area is 117 Å². The van der Waals surface area contributed by atoms with Crippen LogP contribution < -0.4 is 0 Å². The highest BCUT2D eigenvalue weighted by atomic mass is 16.5. The van der Waals surface area contributed by atoms with E-state index in [1.807, 2.05) is 13.0 Å². The number of hydrogen-bond donors (Lipinski definition) is 0. The van der Waals surface area contributed by atoms with Crippen LogP contribution in [-0.2, 0) is 9.53 Å². The molecule has 1 rings (SSSR count). The maximum atomic E-state index is 11.4. The lowest BCUT2D eigenvalue weighted by Gasteiger charge is -2.36. The number of carbonyl (C=O) groups excluding carboxylic acids is 1. The third-order valence-electron chi connectivity index (χ3n) is 3.76. The molecule has 0 aliphatic heterocycles. The van der Waals surface area contributed by atoms with E-state index in [0.29, 0.717) is 18.1 Å². The van der Waals surface area contributed by atoms with Crippen LogP contribution in [0.3, 0.4) is 0 Å². The molecule has 1 aliphatic carbocycles. The molecule has 0 aromatic carbocycles. The SMILES string of the molecule is C=C(C=CC1C(C)=CCCC1(C)C)OC(=O)CCC. The second kappa shape index (κ2) is 6.74. The first-order chi connectivity index (χ1) is 8.86. The van der Waals surface area contributed by atoms with Crippen molar-refractivity contribution >= 4 is 5.97 Å². The quantitative estimate of drug-likeness (QED) is 0.308. The molecule has 0 spiro atoms. The zero-order chi connectivity index (χ0) is 14.5. The van der Waals surface area contributed by atoms with Crippen LogP contribution in [-0.4, -0.2) is 5.97 Å². The Balaban J connectivity index is 2.64. The van der Waals surface area contributed by atoms with Gasteiger partial charge < -0.3 is 4.74 Å². The zero-order valence-corrected chi connectivity index (χ0v) is 12.7. The van der Waals surface area contributed by atoms with Gasteiger partial charge in [0.05, 0.1) is 0 Å². The lowest BCUT2D eigenvalue weighted by molar-refractivity contribution is -0.138. The summed E-state index contributed by atoms with van der Waals surface area (Å²) in [5, 5.41) is 0. The molecule has 0 saturated heterocycles. The predicted molar refractivity (Wildman–Crippen MR) is 79.5 cm³/mol. The Hall–Kier alpha value is -1.31. The second-order valence-corrected chi connectivity index (χ2v) is 6.00. The van der Waals surface area contributed by atoms with Crippen molar-refractivity contribution in [2.75, 3.05) is 0 Å². The van der Waals surface area contributed by atoms with Gasteiger partial charge in [-0.05, 0) is 37.7 Å². The van der Waals surface area contributed by atoms with Crippen molar-refractivity contribution in [3.63, 3.8) is 0 Å². The van der Waals surface area contributed by atoms with Crippen molar-refractivity contribution in [3.8, 4) is 0 Å². The van der Waals surface area contributed by atoms with E-state index in [1.54, 1.807) is 0 Å². The number of hydrogen-bond acceptors (Lipinski definition) is 2. The summed E-state index contributed by atoms with van der Waals surface area (Å²) in [6.45, 7) is 12.5. The molecule has 2 nitrogen and oxygen atoms in total. The van der Waals surface area contributed by atoms with Gasteiger partial charge in [-0.3, -0.25) is 4.79 Å². The Bertz CT molecular complexity index is 399. The molecule has 0 saturated carbocycles. The number of esters is 1. The molecular weight excluding hydrogens is 236 g/mol. The maximum absolute atomic E-state index is 11.4. The van der Waals surface area contributed by atoms with E-state index in [9.17, 15) is 4.79 Å². The van der Waals surface area contributed by atoms with E-state index in [0.717, 1.165) is 12.8 Å². The highest BCUT2D eigenvalue weighted by molar-refractivity contribution is 5.70. The van der Waals surface area contributed by atoms with E-state index >= 15 is 0 Å². The smallest absolute Gasteiger partial charge is 0.311 e. The Morgan fingerprint density at radius 1 is 1.58 bits per heavy atom. The molecule has 0 radical (unpaired) electrons. The Morgan fingerprint density at radius 2 is 2.26 bits per heavy atom. The largest absolute Gasteiger partial charge is 0.427 e. The van der Waals surface area contributed by atoms with Gasteiger partial charge in [0.1, 0.15) is 5.76 Å². The topological polar surface area (TPSA) is 26.3 Å². The summed E-state index contributed by atoms with van der Waals surface area (Å²) in [6.07, 6.45) is 9.83.